The van der Waals surface area contributed by atoms with Crippen molar-refractivity contribution in [2.24, 2.45) is 5.41 Å². The molecular formula is C41H88O8P2+2. The van der Waals surface area contributed by atoms with Crippen molar-refractivity contribution < 1.29 is 38.8 Å². The van der Waals surface area contributed by atoms with Crippen LogP contribution in [-0.4, -0.2) is 68.5 Å². The third-order valence-electron chi connectivity index (χ3n) is 10.4. The van der Waals surface area contributed by atoms with E-state index >= 15 is 0 Å². The molecule has 0 rings (SSSR count). The molecule has 0 spiro atoms. The molecule has 0 aromatic rings. The van der Waals surface area contributed by atoms with Crippen LogP contribution in [-0.2, 0) is 9.05 Å². The van der Waals surface area contributed by atoms with E-state index in [1.54, 1.807) is 0 Å². The molecule has 51 heavy (non-hydrogen) atoms. The fraction of sp³-hybridized carbons (Fsp3) is 1.00. The number of unbranched alkanes of at least 4 members (excludes halogenated alkanes) is 30. The molecule has 6 N–H and O–H groups in total. The molecule has 0 heterocycles. The smallest absolute Gasteiger partial charge is 0.396 e. The van der Waals surface area contributed by atoms with Crippen LogP contribution < -0.4 is 0 Å². The molecule has 0 bridgehead atoms. The second-order valence-corrected chi connectivity index (χ2v) is 19.8. The highest BCUT2D eigenvalue weighted by Crippen LogP contribution is 2.55. The number of hydrogen-bond acceptors (Lipinski definition) is 8. The van der Waals surface area contributed by atoms with Crippen molar-refractivity contribution in [3.05, 3.63) is 0 Å². The Hall–Kier alpha value is 0.540. The maximum Gasteiger partial charge on any atom is 0.406 e. The average molecular weight is 771 g/mol. The van der Waals surface area contributed by atoms with Crippen LogP contribution in [0.25, 0.3) is 0 Å². The Morgan fingerprint density at radius 3 is 0.725 bits per heavy atom. The second kappa shape index (κ2) is 36.2. The van der Waals surface area contributed by atoms with Crippen LogP contribution in [0.2, 0.25) is 0 Å². The Balaban J connectivity index is 3.93. The van der Waals surface area contributed by atoms with Crippen LogP contribution in [0.1, 0.15) is 219 Å². The molecule has 10 heteroatoms. The highest BCUT2D eigenvalue weighted by molar-refractivity contribution is 7.59. The summed E-state index contributed by atoms with van der Waals surface area (Å²) < 4.78 is 10.9. The fourth-order valence-electron chi connectivity index (χ4n) is 6.62. The molecule has 0 aliphatic heterocycles. The summed E-state index contributed by atoms with van der Waals surface area (Å²) in [5, 5.41) is 20.0. The van der Waals surface area contributed by atoms with Crippen LogP contribution >= 0.6 is 15.9 Å². The van der Waals surface area contributed by atoms with E-state index in [0.29, 0.717) is 12.8 Å². The monoisotopic (exact) mass is 771 g/mol. The van der Waals surface area contributed by atoms with E-state index in [2.05, 4.69) is 13.8 Å². The van der Waals surface area contributed by atoms with Gasteiger partial charge in [0.2, 0.25) is 0 Å². The minimum Gasteiger partial charge on any atom is -0.396 e. The lowest BCUT2D eigenvalue weighted by molar-refractivity contribution is -0.0277. The van der Waals surface area contributed by atoms with Crippen molar-refractivity contribution in [1.82, 2.24) is 0 Å². The molecule has 0 amide bonds. The van der Waals surface area contributed by atoms with Gasteiger partial charge in [0.25, 0.3) is 0 Å². The maximum absolute atomic E-state index is 10.5. The third kappa shape index (κ3) is 34.7. The molecule has 0 fully saturated rings. The van der Waals surface area contributed by atoms with Gasteiger partial charge in [-0.25, -0.2) is 0 Å². The molecule has 0 aliphatic rings. The summed E-state index contributed by atoms with van der Waals surface area (Å²) in [6, 6.07) is 0. The SMILES string of the molecule is CCCCCCCCCCCCCCCCCC[P+](O)(O)OCC(CO)(CO)CO[P+](O)(O)CCCCCCCCCCCCCCCCCC. The maximum atomic E-state index is 10.5. The van der Waals surface area contributed by atoms with E-state index in [0.717, 1.165) is 38.5 Å². The summed E-state index contributed by atoms with van der Waals surface area (Å²) in [6.45, 7) is 2.77. The molecule has 0 aliphatic carbocycles. The van der Waals surface area contributed by atoms with Crippen LogP contribution in [0.15, 0.2) is 0 Å². The zero-order valence-corrected chi connectivity index (χ0v) is 35.6. The molecule has 0 atom stereocenters. The first-order valence-electron chi connectivity index (χ1n) is 21.8. The number of rotatable bonds is 42. The highest BCUT2D eigenvalue weighted by atomic mass is 31.2. The highest BCUT2D eigenvalue weighted by Gasteiger charge is 2.44. The molecular weight excluding hydrogens is 682 g/mol. The van der Waals surface area contributed by atoms with Crippen LogP contribution in [0.3, 0.4) is 0 Å². The van der Waals surface area contributed by atoms with Gasteiger partial charge in [-0.15, -0.1) is 0 Å². The van der Waals surface area contributed by atoms with Gasteiger partial charge in [0, 0.05) is 0 Å². The first-order valence-corrected chi connectivity index (χ1v) is 25.4. The summed E-state index contributed by atoms with van der Waals surface area (Å²) in [6.07, 6.45) is 40.0. The summed E-state index contributed by atoms with van der Waals surface area (Å²) in [5.74, 6) is 0. The molecule has 0 unspecified atom stereocenters. The first kappa shape index (κ1) is 51.5. The van der Waals surface area contributed by atoms with Crippen LogP contribution in [0, 0.1) is 5.41 Å². The lowest BCUT2D eigenvalue weighted by Crippen LogP contribution is -2.40. The molecule has 0 radical (unpaired) electrons. The van der Waals surface area contributed by atoms with Gasteiger partial charge in [0.1, 0.15) is 25.5 Å². The Kier molecular flexibility index (Phi) is 36.6. The largest absolute Gasteiger partial charge is 0.406 e. The average Bonchev–Trinajstić information content (AvgIpc) is 3.11. The van der Waals surface area contributed by atoms with E-state index < -0.39 is 34.5 Å². The van der Waals surface area contributed by atoms with Crippen molar-refractivity contribution in [1.29, 1.82) is 0 Å². The summed E-state index contributed by atoms with van der Waals surface area (Å²) in [5.41, 5.74) is -1.35. The van der Waals surface area contributed by atoms with E-state index in [-0.39, 0.29) is 25.5 Å². The normalized spacial score (nSPS) is 12.7. The van der Waals surface area contributed by atoms with Crippen molar-refractivity contribution in [3.8, 4) is 0 Å². The van der Waals surface area contributed by atoms with Gasteiger partial charge in [0.15, 0.2) is 0 Å². The van der Waals surface area contributed by atoms with Crippen molar-refractivity contribution >= 4 is 15.9 Å². The molecule has 0 aromatic heterocycles. The summed E-state index contributed by atoms with van der Waals surface area (Å²) in [4.78, 5) is 41.9. The van der Waals surface area contributed by atoms with Crippen molar-refractivity contribution in [3.63, 3.8) is 0 Å². The lowest BCUT2D eigenvalue weighted by atomic mass is 9.93. The Morgan fingerprint density at radius 2 is 0.529 bits per heavy atom. The minimum atomic E-state index is -3.66. The topological polar surface area (TPSA) is 140 Å². The predicted molar refractivity (Wildman–Crippen MR) is 220 cm³/mol. The molecule has 0 aromatic carbocycles. The molecule has 8 nitrogen and oxygen atoms in total. The van der Waals surface area contributed by atoms with E-state index in [4.69, 9.17) is 9.05 Å². The van der Waals surface area contributed by atoms with Crippen LogP contribution in [0.4, 0.5) is 0 Å². The van der Waals surface area contributed by atoms with Crippen molar-refractivity contribution in [2.75, 3.05) is 38.8 Å². The zero-order chi connectivity index (χ0) is 37.8. The van der Waals surface area contributed by atoms with E-state index in [9.17, 15) is 29.8 Å². The zero-order valence-electron chi connectivity index (χ0n) is 33.8. The fourth-order valence-corrected chi connectivity index (χ4v) is 9.11. The molecule has 0 saturated heterocycles. The first-order chi connectivity index (χ1) is 24.7. The second-order valence-electron chi connectivity index (χ2n) is 15.7. The Bertz CT molecular complexity index is 655. The van der Waals surface area contributed by atoms with Gasteiger partial charge in [-0.3, -0.25) is 0 Å². The summed E-state index contributed by atoms with van der Waals surface area (Å²) in [7, 11) is -7.32. The van der Waals surface area contributed by atoms with Gasteiger partial charge in [-0.05, 0) is 25.7 Å². The molecule has 0 saturated carbocycles. The molecule has 308 valence electrons. The van der Waals surface area contributed by atoms with Gasteiger partial charge in [-0.1, -0.05) is 194 Å². The van der Waals surface area contributed by atoms with Gasteiger partial charge in [0.05, 0.1) is 18.6 Å². The third-order valence-corrected chi connectivity index (χ3v) is 13.3. The minimum absolute atomic E-state index is 0.134. The number of aliphatic hydroxyl groups excluding tert-OH is 2. The Labute approximate surface area is 317 Å². The van der Waals surface area contributed by atoms with Crippen molar-refractivity contribution in [2.45, 2.75) is 219 Å². The number of hydrogen-bond donors (Lipinski definition) is 6. The predicted octanol–water partition coefficient (Wildman–Crippen LogP) is 12.0. The Morgan fingerprint density at radius 1 is 0.333 bits per heavy atom. The quantitative estimate of drug-likeness (QED) is 0.0266. The summed E-state index contributed by atoms with van der Waals surface area (Å²) >= 11 is 0. The van der Waals surface area contributed by atoms with Crippen LogP contribution in [0.5, 0.6) is 0 Å². The van der Waals surface area contributed by atoms with Gasteiger partial charge >= 0.3 is 15.9 Å². The van der Waals surface area contributed by atoms with E-state index in [1.165, 1.54) is 154 Å². The lowest BCUT2D eigenvalue weighted by Gasteiger charge is -2.28. The van der Waals surface area contributed by atoms with E-state index in [1.807, 2.05) is 0 Å². The van der Waals surface area contributed by atoms with Gasteiger partial charge in [-0.2, -0.15) is 28.6 Å². The number of aliphatic hydroxyl groups is 2. The van der Waals surface area contributed by atoms with Gasteiger partial charge < -0.3 is 10.2 Å². The standard InChI is InChI=1S/C41H88O8P2/c1-3-5-7-9-11-13-15-17-19-21-23-25-27-29-31-33-35-50(44,45)48-39-41(37-42,38-43)40-49-51(46,47)36-34-32-30-28-26-24-22-20-18-16-14-12-10-8-6-4-2/h42-47H,3-40H2,1-2H3/q+2.